The smallest absolute Gasteiger partial charge is 0.246 e. The van der Waals surface area contributed by atoms with Crippen LogP contribution in [-0.4, -0.2) is 185 Å². The molecule has 8 bridgehead atoms. The maximum atomic E-state index is 15.6. The number of aromatic amines is 1. The van der Waals surface area contributed by atoms with Gasteiger partial charge in [0.2, 0.25) is 53.2 Å². The Balaban J connectivity index is 1.06. The van der Waals surface area contributed by atoms with Crippen LogP contribution in [0.15, 0.2) is 109 Å². The number of carbonyl (C=O) groups excluding carboxylic acids is 9. The molecule has 0 radical (unpaired) electrons. The van der Waals surface area contributed by atoms with Crippen LogP contribution in [0.25, 0.3) is 10.9 Å². The second kappa shape index (κ2) is 32.6. The van der Waals surface area contributed by atoms with Gasteiger partial charge in [-0.1, -0.05) is 54.6 Å². The molecule has 26 heteroatoms. The molecule has 0 aliphatic carbocycles. The minimum absolute atomic E-state index is 0.0622. The molecule has 2 saturated heterocycles. The molecular formula is C68H83FN10O13S2. The van der Waals surface area contributed by atoms with E-state index in [2.05, 4.69) is 48.3 Å². The number of aliphatic hydroxyl groups excluding tert-OH is 1. The minimum Gasteiger partial charge on any atom is -0.497 e. The number of thioether (sulfide) groups is 2. The second-order valence-electron chi connectivity index (χ2n) is 24.3. The summed E-state index contributed by atoms with van der Waals surface area (Å²) < 4.78 is 32.8. The molecule has 10 atom stereocenters. The second-order valence-corrected chi connectivity index (χ2v) is 26.5. The Morgan fingerprint density at radius 1 is 0.723 bits per heavy atom. The molecule has 502 valence electrons. The van der Waals surface area contributed by atoms with E-state index in [0.717, 1.165) is 11.1 Å². The van der Waals surface area contributed by atoms with Gasteiger partial charge in [0.25, 0.3) is 0 Å². The van der Waals surface area contributed by atoms with Gasteiger partial charge in [0.15, 0.2) is 0 Å². The van der Waals surface area contributed by atoms with Gasteiger partial charge < -0.3 is 71.3 Å². The number of benzene rings is 4. The number of hydrogen-bond acceptors (Lipinski definition) is 15. The lowest BCUT2D eigenvalue weighted by Gasteiger charge is -2.37. The molecule has 0 spiro atoms. The van der Waals surface area contributed by atoms with E-state index < -0.39 is 107 Å². The fraction of sp³-hybridized carbons (Fsp3) is 0.456. The third kappa shape index (κ3) is 18.1. The number of aromatic nitrogens is 1. The number of ether oxygens (including phenoxy) is 3. The number of nitrogens with one attached hydrogen (secondary N) is 8. The summed E-state index contributed by atoms with van der Waals surface area (Å²) in [6.45, 7) is 6.25. The Labute approximate surface area is 553 Å². The van der Waals surface area contributed by atoms with Gasteiger partial charge in [0.1, 0.15) is 71.8 Å². The van der Waals surface area contributed by atoms with Gasteiger partial charge in [-0.05, 0) is 123 Å². The number of carbonyl (C=O) groups is 9. The van der Waals surface area contributed by atoms with Crippen LogP contribution in [0.1, 0.15) is 81.2 Å². The molecule has 2 fully saturated rings. The van der Waals surface area contributed by atoms with Crippen molar-refractivity contribution in [2.45, 2.75) is 144 Å². The van der Waals surface area contributed by atoms with Crippen LogP contribution in [0.4, 0.5) is 4.39 Å². The number of H-pyrrole nitrogens is 1. The van der Waals surface area contributed by atoms with Crippen molar-refractivity contribution in [3.8, 4) is 11.5 Å². The van der Waals surface area contributed by atoms with E-state index in [-0.39, 0.29) is 70.2 Å². The molecule has 5 heterocycles. The molecule has 5 aromatic rings. The molecule has 4 aliphatic rings. The summed E-state index contributed by atoms with van der Waals surface area (Å²) in [4.78, 5) is 137. The number of methoxy groups -OCH3 is 1. The SMILES string of the molecule is COc1ccc(C[C@@H]2NC(=O)[C@H]([C@@H](C)O)NC(=O)[C@@H]3[C@@H]4CCN3C(=O)[C@H](Cc3c[nH]c5ccc(F)cc35)NC(=O)[C@H](Cc3cccc(c3)OC/C=C\CO4)NC(=O)[C@@H](C)NC(=O)[C@H](C)NC(=O)CCSCc3cccc(c3)CSCCNC(=O)[C@]3(C)CCCN3C2=O)cc1. The Kier molecular flexibility index (Phi) is 24.2. The first-order valence-corrected chi connectivity index (χ1v) is 34.0. The fourth-order valence-electron chi connectivity index (χ4n) is 12.1. The number of amides is 9. The zero-order chi connectivity index (χ0) is 67.1. The summed E-state index contributed by atoms with van der Waals surface area (Å²) in [5, 5.41) is 31.4. The summed E-state index contributed by atoms with van der Waals surface area (Å²) in [5.74, 6) is -3.67. The standard InChI is InChI=1S/C68H83FN10O13S2/c1-40-60(82)73-41(2)61(83)74-53-34-44-11-9-14-50(32-44)91-27-6-7-28-92-56-21-26-78(65(87)55(75-62(53)84)35-47-37-71-52-20-17-48(69)36-51(47)52)59(56)64(86)77-58(42(3)80)63(85)76-54(33-43-15-18-49(90-5)19-16-43)66(88)79-25-10-23-68(79,4)67(89)70-24-30-94-39-46-13-8-12-45(31-46)38-93-29-22-57(81)72-40/h6-9,11-20,31-32,36-37,40-42,53-56,58-59,71,80H,10,21-30,33-35,38-39H2,1-5H3,(H,70,89)(H,72,81)(H,73,82)(H,74,83)(H,75,84)(H,76,85)(H,77,86)/b7-6-/t40-,41+,42+,53-,54-,55-,56-,58-,59-,68-/m0/s1. The first kappa shape index (κ1) is 69.9. The Morgan fingerprint density at radius 3 is 2.17 bits per heavy atom. The molecule has 23 nitrogen and oxygen atoms in total. The van der Waals surface area contributed by atoms with Crippen LogP contribution in [0.3, 0.4) is 0 Å². The average molecular weight is 1330 g/mol. The highest BCUT2D eigenvalue weighted by molar-refractivity contribution is 7.98. The third-order valence-corrected chi connectivity index (χ3v) is 19.3. The van der Waals surface area contributed by atoms with Crippen molar-refractivity contribution in [1.29, 1.82) is 0 Å². The van der Waals surface area contributed by atoms with Crippen LogP contribution in [0, 0.1) is 5.82 Å². The first-order chi connectivity index (χ1) is 45.2. The summed E-state index contributed by atoms with van der Waals surface area (Å²) in [5.41, 5.74) is 2.87. The highest BCUT2D eigenvalue weighted by Gasteiger charge is 2.49. The lowest BCUT2D eigenvalue weighted by atomic mass is 9.95. The number of nitrogens with zero attached hydrogens (tertiary/aromatic N) is 2. The van der Waals surface area contributed by atoms with Gasteiger partial charge in [-0.15, -0.1) is 0 Å². The van der Waals surface area contributed by atoms with Gasteiger partial charge in [0.05, 0.1) is 25.9 Å². The molecule has 4 aliphatic heterocycles. The Morgan fingerprint density at radius 2 is 1.41 bits per heavy atom. The number of fused-ring (bicyclic) bond motifs is 10. The van der Waals surface area contributed by atoms with E-state index in [4.69, 9.17) is 14.2 Å². The predicted molar refractivity (Wildman–Crippen MR) is 354 cm³/mol. The van der Waals surface area contributed by atoms with Gasteiger partial charge in [-0.3, -0.25) is 43.2 Å². The van der Waals surface area contributed by atoms with E-state index >= 15 is 23.6 Å². The Bertz CT molecular complexity index is 3590. The van der Waals surface area contributed by atoms with Crippen LogP contribution in [-0.2, 0) is 78.7 Å². The largest absolute Gasteiger partial charge is 0.497 e. The average Bonchev–Trinajstić information content (AvgIpc) is 1.61. The quantitative estimate of drug-likeness (QED) is 0.110. The van der Waals surface area contributed by atoms with Crippen LogP contribution >= 0.6 is 23.5 Å². The number of rotatable bonds is 6. The highest BCUT2D eigenvalue weighted by atomic mass is 32.2. The minimum atomic E-state index is -1.75. The molecule has 9 N–H and O–H groups in total. The van der Waals surface area contributed by atoms with Crippen molar-refractivity contribution >= 4 is 87.6 Å². The molecular weight excluding hydrogens is 1250 g/mol. The third-order valence-electron chi connectivity index (χ3n) is 17.3. The lowest BCUT2D eigenvalue weighted by Crippen LogP contribution is -2.64. The van der Waals surface area contributed by atoms with Crippen molar-refractivity contribution in [3.63, 3.8) is 0 Å². The summed E-state index contributed by atoms with van der Waals surface area (Å²) in [7, 11) is 1.51. The van der Waals surface area contributed by atoms with Gasteiger partial charge >= 0.3 is 0 Å². The van der Waals surface area contributed by atoms with Crippen molar-refractivity contribution < 1.29 is 66.9 Å². The van der Waals surface area contributed by atoms with Crippen molar-refractivity contribution in [3.05, 3.63) is 143 Å². The van der Waals surface area contributed by atoms with Gasteiger partial charge in [-0.2, -0.15) is 23.5 Å². The first-order valence-electron chi connectivity index (χ1n) is 31.7. The highest BCUT2D eigenvalue weighted by Crippen LogP contribution is 2.32. The van der Waals surface area contributed by atoms with E-state index in [1.54, 1.807) is 97.3 Å². The van der Waals surface area contributed by atoms with Crippen molar-refractivity contribution in [2.75, 3.05) is 51.5 Å². The molecule has 9 rings (SSSR count). The van der Waals surface area contributed by atoms with Gasteiger partial charge in [-0.25, -0.2) is 4.39 Å². The molecule has 0 saturated carbocycles. The summed E-state index contributed by atoms with van der Waals surface area (Å²) in [6, 6.07) is 15.9. The van der Waals surface area contributed by atoms with Crippen molar-refractivity contribution in [2.24, 2.45) is 0 Å². The fourth-order valence-corrected chi connectivity index (χ4v) is 13.8. The van der Waals surface area contributed by atoms with Crippen LogP contribution in [0.2, 0.25) is 0 Å². The molecule has 4 aromatic carbocycles. The maximum Gasteiger partial charge on any atom is 0.246 e. The predicted octanol–water partition coefficient (Wildman–Crippen LogP) is 3.68. The topological polar surface area (TPSA) is 308 Å². The van der Waals surface area contributed by atoms with E-state index in [1.165, 1.54) is 55.9 Å². The summed E-state index contributed by atoms with van der Waals surface area (Å²) >= 11 is 3.17. The number of hydrogen-bond donors (Lipinski definition) is 9. The van der Waals surface area contributed by atoms with Gasteiger partial charge in [0, 0.05) is 85.4 Å². The maximum absolute atomic E-state index is 15.6. The van der Waals surface area contributed by atoms with Crippen molar-refractivity contribution in [1.82, 2.24) is 52.0 Å². The molecule has 9 amide bonds. The zero-order valence-corrected chi connectivity index (χ0v) is 55.0. The number of halogens is 1. The Hall–Kier alpha value is -8.46. The molecule has 1 aromatic heterocycles. The van der Waals surface area contributed by atoms with E-state index in [0.29, 0.717) is 81.5 Å². The molecule has 94 heavy (non-hydrogen) atoms. The normalized spacial score (nSPS) is 26.5. The molecule has 0 unspecified atom stereocenters. The van der Waals surface area contributed by atoms with E-state index in [9.17, 15) is 29.1 Å². The zero-order valence-electron chi connectivity index (χ0n) is 53.3. The van der Waals surface area contributed by atoms with Crippen LogP contribution in [0.5, 0.6) is 11.5 Å². The van der Waals surface area contributed by atoms with E-state index in [1.807, 2.05) is 18.2 Å². The lowest BCUT2D eigenvalue weighted by molar-refractivity contribution is -0.147. The number of aliphatic hydroxyl groups is 1. The summed E-state index contributed by atoms with van der Waals surface area (Å²) in [6.07, 6.45) is 2.76. The van der Waals surface area contributed by atoms with Crippen LogP contribution < -0.4 is 46.7 Å². The monoisotopic (exact) mass is 1330 g/mol.